The van der Waals surface area contributed by atoms with Gasteiger partial charge in [0.2, 0.25) is 11.8 Å². The summed E-state index contributed by atoms with van der Waals surface area (Å²) in [6, 6.07) is 12.6. The molecule has 0 radical (unpaired) electrons. The van der Waals surface area contributed by atoms with Gasteiger partial charge in [0.1, 0.15) is 17.6 Å². The molecule has 0 aliphatic rings. The van der Waals surface area contributed by atoms with Gasteiger partial charge in [0.25, 0.3) is 0 Å². The fraction of sp³-hybridized carbons (Fsp3) is 0.391. The van der Waals surface area contributed by atoms with Crippen molar-refractivity contribution in [3.8, 4) is 5.75 Å². The van der Waals surface area contributed by atoms with E-state index in [4.69, 9.17) is 4.74 Å². The highest BCUT2D eigenvalue weighted by molar-refractivity contribution is 5.88. The van der Waals surface area contributed by atoms with Gasteiger partial charge < -0.3 is 15.0 Å². The Morgan fingerprint density at radius 2 is 1.79 bits per heavy atom. The molecule has 0 spiro atoms. The maximum absolute atomic E-state index is 13.2. The van der Waals surface area contributed by atoms with E-state index in [0.29, 0.717) is 11.3 Å². The van der Waals surface area contributed by atoms with Gasteiger partial charge in [0.05, 0.1) is 13.5 Å². The van der Waals surface area contributed by atoms with Crippen molar-refractivity contribution in [1.29, 1.82) is 0 Å². The molecule has 0 aliphatic heterocycles. The highest BCUT2D eigenvalue weighted by atomic mass is 19.1. The third-order valence-electron chi connectivity index (χ3n) is 4.92. The molecular formula is C23H29FN2O3. The van der Waals surface area contributed by atoms with Crippen LogP contribution in [0, 0.1) is 5.82 Å². The van der Waals surface area contributed by atoms with Crippen molar-refractivity contribution in [3.63, 3.8) is 0 Å². The average Bonchev–Trinajstić information content (AvgIpc) is 2.73. The molecule has 0 aliphatic carbocycles. The van der Waals surface area contributed by atoms with Crippen molar-refractivity contribution in [2.45, 2.75) is 52.2 Å². The maximum Gasteiger partial charge on any atom is 0.242 e. The molecule has 0 fully saturated rings. The molecule has 2 aromatic carbocycles. The molecule has 2 aromatic rings. The quantitative estimate of drug-likeness (QED) is 0.698. The van der Waals surface area contributed by atoms with Crippen LogP contribution < -0.4 is 10.1 Å². The second kappa shape index (κ2) is 10.6. The van der Waals surface area contributed by atoms with Gasteiger partial charge in [0, 0.05) is 12.6 Å². The van der Waals surface area contributed by atoms with Gasteiger partial charge in [-0.25, -0.2) is 4.39 Å². The number of nitrogens with zero attached hydrogens (tertiary/aromatic N) is 1. The van der Waals surface area contributed by atoms with Crippen LogP contribution in [0.3, 0.4) is 0 Å². The van der Waals surface area contributed by atoms with Gasteiger partial charge in [-0.2, -0.15) is 0 Å². The molecule has 29 heavy (non-hydrogen) atoms. The first-order chi connectivity index (χ1) is 13.8. The molecule has 5 nitrogen and oxygen atoms in total. The normalized spacial score (nSPS) is 12.7. The Bertz CT molecular complexity index is 823. The third kappa shape index (κ3) is 6.59. The Morgan fingerprint density at radius 1 is 1.10 bits per heavy atom. The number of hydrogen-bond donors (Lipinski definition) is 1. The van der Waals surface area contributed by atoms with Crippen LogP contribution in [-0.2, 0) is 22.6 Å². The Morgan fingerprint density at radius 3 is 2.41 bits per heavy atom. The van der Waals surface area contributed by atoms with Crippen molar-refractivity contribution < 1.29 is 18.7 Å². The Hall–Kier alpha value is -2.89. The molecule has 0 bridgehead atoms. The monoisotopic (exact) mass is 400 g/mol. The van der Waals surface area contributed by atoms with Crippen LogP contribution >= 0.6 is 0 Å². The molecule has 2 atom stereocenters. The second-order valence-corrected chi connectivity index (χ2v) is 7.17. The van der Waals surface area contributed by atoms with Crippen molar-refractivity contribution >= 4 is 11.8 Å². The van der Waals surface area contributed by atoms with Crippen LogP contribution in [0.5, 0.6) is 5.75 Å². The molecule has 0 unspecified atom stereocenters. The Kier molecular flexibility index (Phi) is 8.19. The lowest BCUT2D eigenvalue weighted by molar-refractivity contribution is -0.140. The second-order valence-electron chi connectivity index (χ2n) is 7.17. The molecule has 0 saturated carbocycles. The van der Waals surface area contributed by atoms with Crippen molar-refractivity contribution in [2.24, 2.45) is 0 Å². The predicted octanol–water partition coefficient (Wildman–Crippen LogP) is 3.71. The highest BCUT2D eigenvalue weighted by Crippen LogP contribution is 2.17. The largest absolute Gasteiger partial charge is 0.497 e. The summed E-state index contributed by atoms with van der Waals surface area (Å²) < 4.78 is 18.4. The van der Waals surface area contributed by atoms with E-state index in [1.807, 2.05) is 38.1 Å². The number of methoxy groups -OCH3 is 1. The highest BCUT2D eigenvalue weighted by Gasteiger charge is 2.27. The van der Waals surface area contributed by atoms with Crippen LogP contribution in [-0.4, -0.2) is 35.9 Å². The number of carbonyl (C=O) groups is 2. The van der Waals surface area contributed by atoms with Gasteiger partial charge in [-0.15, -0.1) is 0 Å². The Balaban J connectivity index is 2.23. The summed E-state index contributed by atoms with van der Waals surface area (Å²) in [5, 5.41) is 2.94. The molecule has 0 saturated heterocycles. The van der Waals surface area contributed by atoms with Crippen molar-refractivity contribution in [2.75, 3.05) is 7.11 Å². The number of nitrogens with one attached hydrogen (secondary N) is 1. The molecule has 2 amide bonds. The Labute approximate surface area is 171 Å². The molecule has 0 heterocycles. The van der Waals surface area contributed by atoms with E-state index in [-0.39, 0.29) is 36.6 Å². The third-order valence-corrected chi connectivity index (χ3v) is 4.92. The summed E-state index contributed by atoms with van der Waals surface area (Å²) in [7, 11) is 1.58. The van der Waals surface area contributed by atoms with Crippen molar-refractivity contribution in [1.82, 2.24) is 10.2 Å². The summed E-state index contributed by atoms with van der Waals surface area (Å²) in [6.45, 7) is 5.91. The SMILES string of the molecule is CC[C@H](C)NC(=O)[C@H](C)N(Cc1cccc(OC)c1)C(=O)Cc1ccc(F)cc1. The number of rotatable bonds is 9. The zero-order valence-electron chi connectivity index (χ0n) is 17.4. The minimum atomic E-state index is -0.650. The van der Waals surface area contributed by atoms with Gasteiger partial charge >= 0.3 is 0 Å². The number of amides is 2. The minimum Gasteiger partial charge on any atom is -0.497 e. The van der Waals surface area contributed by atoms with Gasteiger partial charge in [-0.1, -0.05) is 31.2 Å². The van der Waals surface area contributed by atoms with Gasteiger partial charge in [-0.05, 0) is 55.7 Å². The minimum absolute atomic E-state index is 0.0239. The van der Waals surface area contributed by atoms with Crippen LogP contribution in [0.4, 0.5) is 4.39 Å². The summed E-state index contributed by atoms with van der Waals surface area (Å²) in [5.74, 6) is -0.0678. The van der Waals surface area contributed by atoms with Gasteiger partial charge in [-0.3, -0.25) is 9.59 Å². The van der Waals surface area contributed by atoms with E-state index in [1.165, 1.54) is 12.1 Å². The molecule has 156 valence electrons. The lowest BCUT2D eigenvalue weighted by Crippen LogP contribution is -2.49. The number of ether oxygens (including phenoxy) is 1. The first kappa shape index (κ1) is 22.4. The van der Waals surface area contributed by atoms with Gasteiger partial charge in [0.15, 0.2) is 0 Å². The zero-order chi connectivity index (χ0) is 21.4. The molecule has 0 aromatic heterocycles. The average molecular weight is 400 g/mol. The van der Waals surface area contributed by atoms with E-state index in [2.05, 4.69) is 5.32 Å². The van der Waals surface area contributed by atoms with Crippen LogP contribution in [0.2, 0.25) is 0 Å². The number of hydrogen-bond acceptors (Lipinski definition) is 3. The zero-order valence-corrected chi connectivity index (χ0v) is 17.4. The summed E-state index contributed by atoms with van der Waals surface area (Å²) >= 11 is 0. The molecular weight excluding hydrogens is 371 g/mol. The van der Waals surface area contributed by atoms with Crippen LogP contribution in [0.25, 0.3) is 0 Å². The topological polar surface area (TPSA) is 58.6 Å². The number of carbonyl (C=O) groups excluding carboxylic acids is 2. The molecule has 6 heteroatoms. The van der Waals surface area contributed by atoms with Crippen LogP contribution in [0.15, 0.2) is 48.5 Å². The first-order valence-corrected chi connectivity index (χ1v) is 9.81. The number of benzene rings is 2. The standard InChI is InChI=1S/C23H29FN2O3/c1-5-16(2)25-23(28)17(3)26(15-19-7-6-8-21(13-19)29-4)22(27)14-18-9-11-20(24)12-10-18/h6-13,16-17H,5,14-15H2,1-4H3,(H,25,28)/t16-,17-/m0/s1. The van der Waals surface area contributed by atoms with E-state index in [9.17, 15) is 14.0 Å². The summed E-state index contributed by atoms with van der Waals surface area (Å²) in [6.07, 6.45) is 0.892. The lowest BCUT2D eigenvalue weighted by atomic mass is 10.1. The smallest absolute Gasteiger partial charge is 0.242 e. The fourth-order valence-corrected chi connectivity index (χ4v) is 2.89. The van der Waals surface area contributed by atoms with E-state index in [1.54, 1.807) is 31.1 Å². The predicted molar refractivity (Wildman–Crippen MR) is 111 cm³/mol. The first-order valence-electron chi connectivity index (χ1n) is 9.81. The lowest BCUT2D eigenvalue weighted by Gasteiger charge is -2.30. The van der Waals surface area contributed by atoms with Crippen molar-refractivity contribution in [3.05, 3.63) is 65.5 Å². The summed E-state index contributed by atoms with van der Waals surface area (Å²) in [4.78, 5) is 27.3. The molecule has 1 N–H and O–H groups in total. The van der Waals surface area contributed by atoms with E-state index >= 15 is 0 Å². The fourth-order valence-electron chi connectivity index (χ4n) is 2.89. The maximum atomic E-state index is 13.2. The molecule has 2 rings (SSSR count). The van der Waals surface area contributed by atoms with E-state index < -0.39 is 6.04 Å². The van der Waals surface area contributed by atoms with E-state index in [0.717, 1.165) is 12.0 Å². The summed E-state index contributed by atoms with van der Waals surface area (Å²) in [5.41, 5.74) is 1.56. The van der Waals surface area contributed by atoms with Crippen LogP contribution in [0.1, 0.15) is 38.3 Å². The number of halogens is 1.